The van der Waals surface area contributed by atoms with Crippen molar-refractivity contribution < 1.29 is 4.79 Å². The predicted octanol–water partition coefficient (Wildman–Crippen LogP) is 1.76. The third kappa shape index (κ3) is 3.64. The highest BCUT2D eigenvalue weighted by Crippen LogP contribution is 2.17. The fourth-order valence-corrected chi connectivity index (χ4v) is 1.69. The number of rotatable bonds is 4. The van der Waals surface area contributed by atoms with Crippen molar-refractivity contribution in [3.05, 3.63) is 34.3 Å². The molecule has 0 spiro atoms. The monoisotopic (exact) mass is 270 g/mol. The molecule has 82 valence electrons. The summed E-state index contributed by atoms with van der Waals surface area (Å²) in [7, 11) is 1.79. The molecule has 15 heavy (non-hydrogen) atoms. The Balaban J connectivity index is 2.62. The average Bonchev–Trinajstić information content (AvgIpc) is 2.21. The van der Waals surface area contributed by atoms with Crippen LogP contribution in [0.3, 0.4) is 0 Å². The van der Waals surface area contributed by atoms with Crippen molar-refractivity contribution in [1.82, 2.24) is 4.90 Å². The van der Waals surface area contributed by atoms with Crippen molar-refractivity contribution in [1.29, 1.82) is 0 Å². The van der Waals surface area contributed by atoms with Crippen LogP contribution in [0.4, 0.5) is 0 Å². The number of halogens is 1. The maximum absolute atomic E-state index is 11.5. The molecule has 0 aliphatic rings. The molecule has 0 atom stereocenters. The lowest BCUT2D eigenvalue weighted by Gasteiger charge is -2.17. The molecule has 0 aliphatic heterocycles. The Morgan fingerprint density at radius 3 is 2.73 bits per heavy atom. The van der Waals surface area contributed by atoms with Gasteiger partial charge in [0, 0.05) is 31.0 Å². The van der Waals surface area contributed by atoms with Gasteiger partial charge in [0.2, 0.25) is 5.91 Å². The Bertz CT molecular complexity index is 341. The molecule has 1 rings (SSSR count). The molecular formula is C11H15BrN2O. The fourth-order valence-electron chi connectivity index (χ4n) is 1.28. The van der Waals surface area contributed by atoms with E-state index in [1.54, 1.807) is 11.9 Å². The number of amides is 1. The molecule has 1 aromatic carbocycles. The Kier molecular flexibility index (Phi) is 4.78. The molecular weight excluding hydrogens is 256 g/mol. The van der Waals surface area contributed by atoms with E-state index in [0.29, 0.717) is 19.5 Å². The van der Waals surface area contributed by atoms with Gasteiger partial charge < -0.3 is 10.6 Å². The maximum Gasteiger partial charge on any atom is 0.223 e. The van der Waals surface area contributed by atoms with Crippen molar-refractivity contribution in [2.24, 2.45) is 5.73 Å². The topological polar surface area (TPSA) is 46.3 Å². The number of hydrogen-bond donors (Lipinski definition) is 1. The molecule has 2 N–H and O–H groups in total. The van der Waals surface area contributed by atoms with Gasteiger partial charge in [-0.15, -0.1) is 0 Å². The molecule has 0 aromatic heterocycles. The van der Waals surface area contributed by atoms with Gasteiger partial charge >= 0.3 is 0 Å². The molecule has 0 heterocycles. The number of nitrogens with two attached hydrogens (primary N) is 1. The van der Waals surface area contributed by atoms with Crippen LogP contribution in [0.5, 0.6) is 0 Å². The zero-order valence-corrected chi connectivity index (χ0v) is 10.3. The van der Waals surface area contributed by atoms with E-state index in [0.717, 1.165) is 10.0 Å². The summed E-state index contributed by atoms with van der Waals surface area (Å²) in [6.07, 6.45) is 0.404. The van der Waals surface area contributed by atoms with Gasteiger partial charge in [0.05, 0.1) is 0 Å². The van der Waals surface area contributed by atoms with Crippen LogP contribution in [0.25, 0.3) is 0 Å². The quantitative estimate of drug-likeness (QED) is 0.907. The first-order valence-corrected chi connectivity index (χ1v) is 5.62. The largest absolute Gasteiger partial charge is 0.341 e. The Hall–Kier alpha value is -0.870. The minimum atomic E-state index is 0.0771. The summed E-state index contributed by atoms with van der Waals surface area (Å²) in [4.78, 5) is 13.2. The van der Waals surface area contributed by atoms with E-state index in [1.165, 1.54) is 0 Å². The van der Waals surface area contributed by atoms with Gasteiger partial charge in [-0.1, -0.05) is 34.1 Å². The van der Waals surface area contributed by atoms with Crippen LogP contribution in [-0.4, -0.2) is 24.4 Å². The summed E-state index contributed by atoms with van der Waals surface area (Å²) in [5.41, 5.74) is 6.44. The number of carbonyl (C=O) groups excluding carboxylic acids is 1. The lowest BCUT2D eigenvalue weighted by Crippen LogP contribution is -2.28. The number of carbonyl (C=O) groups is 1. The molecule has 3 nitrogen and oxygen atoms in total. The molecule has 1 amide bonds. The first-order chi connectivity index (χ1) is 7.15. The Labute approximate surface area is 98.4 Å². The average molecular weight is 271 g/mol. The van der Waals surface area contributed by atoms with Gasteiger partial charge in [-0.05, 0) is 11.6 Å². The SMILES string of the molecule is CN(Cc1ccccc1Br)C(=O)CCN. The molecule has 0 unspecified atom stereocenters. The molecule has 0 saturated carbocycles. The van der Waals surface area contributed by atoms with Crippen molar-refractivity contribution >= 4 is 21.8 Å². The lowest BCUT2D eigenvalue weighted by atomic mass is 10.2. The molecule has 4 heteroatoms. The zero-order valence-electron chi connectivity index (χ0n) is 8.74. The van der Waals surface area contributed by atoms with Gasteiger partial charge in [-0.2, -0.15) is 0 Å². The second kappa shape index (κ2) is 5.88. The van der Waals surface area contributed by atoms with Crippen LogP contribution < -0.4 is 5.73 Å². The molecule has 0 saturated heterocycles. The predicted molar refractivity (Wildman–Crippen MR) is 64.3 cm³/mol. The van der Waals surface area contributed by atoms with E-state index in [-0.39, 0.29) is 5.91 Å². The van der Waals surface area contributed by atoms with Crippen molar-refractivity contribution in [3.63, 3.8) is 0 Å². The maximum atomic E-state index is 11.5. The summed E-state index contributed by atoms with van der Waals surface area (Å²) in [6, 6.07) is 7.88. The highest BCUT2D eigenvalue weighted by atomic mass is 79.9. The second-order valence-corrected chi connectivity index (χ2v) is 4.23. The molecule has 0 fully saturated rings. The van der Waals surface area contributed by atoms with Crippen molar-refractivity contribution in [2.75, 3.05) is 13.6 Å². The van der Waals surface area contributed by atoms with Crippen molar-refractivity contribution in [3.8, 4) is 0 Å². The van der Waals surface area contributed by atoms with Crippen LogP contribution in [0.2, 0.25) is 0 Å². The van der Waals surface area contributed by atoms with E-state index < -0.39 is 0 Å². The van der Waals surface area contributed by atoms with Crippen LogP contribution in [0.1, 0.15) is 12.0 Å². The first-order valence-electron chi connectivity index (χ1n) is 4.82. The Morgan fingerprint density at radius 2 is 2.13 bits per heavy atom. The summed E-state index contributed by atoms with van der Waals surface area (Å²) >= 11 is 3.45. The summed E-state index contributed by atoms with van der Waals surface area (Å²) < 4.78 is 1.03. The number of nitrogens with zero attached hydrogens (tertiary/aromatic N) is 1. The van der Waals surface area contributed by atoms with Gasteiger partial charge in [0.1, 0.15) is 0 Å². The molecule has 0 radical (unpaired) electrons. The fraction of sp³-hybridized carbons (Fsp3) is 0.364. The molecule has 0 aliphatic carbocycles. The van der Waals surface area contributed by atoms with Gasteiger partial charge in [0.25, 0.3) is 0 Å². The Morgan fingerprint density at radius 1 is 1.47 bits per heavy atom. The van der Waals surface area contributed by atoms with Crippen LogP contribution in [0.15, 0.2) is 28.7 Å². The third-order valence-corrected chi connectivity index (χ3v) is 2.92. The normalized spacial score (nSPS) is 10.1. The lowest BCUT2D eigenvalue weighted by molar-refractivity contribution is -0.130. The summed E-state index contributed by atoms with van der Waals surface area (Å²) in [6.45, 7) is 1.01. The van der Waals surface area contributed by atoms with Crippen LogP contribution >= 0.6 is 15.9 Å². The minimum absolute atomic E-state index is 0.0771. The van der Waals surface area contributed by atoms with Crippen LogP contribution in [0, 0.1) is 0 Å². The van der Waals surface area contributed by atoms with Gasteiger partial charge in [-0.3, -0.25) is 4.79 Å². The molecule has 0 bridgehead atoms. The van der Waals surface area contributed by atoms with Crippen molar-refractivity contribution in [2.45, 2.75) is 13.0 Å². The number of hydrogen-bond acceptors (Lipinski definition) is 2. The van der Waals surface area contributed by atoms with E-state index in [2.05, 4.69) is 15.9 Å². The first kappa shape index (κ1) is 12.2. The third-order valence-electron chi connectivity index (χ3n) is 2.15. The molecule has 1 aromatic rings. The summed E-state index contributed by atoms with van der Waals surface area (Å²) in [5.74, 6) is 0.0771. The smallest absolute Gasteiger partial charge is 0.223 e. The number of benzene rings is 1. The highest BCUT2D eigenvalue weighted by molar-refractivity contribution is 9.10. The second-order valence-electron chi connectivity index (χ2n) is 3.38. The van der Waals surface area contributed by atoms with E-state index in [4.69, 9.17) is 5.73 Å². The highest BCUT2D eigenvalue weighted by Gasteiger charge is 2.09. The van der Waals surface area contributed by atoms with E-state index in [9.17, 15) is 4.79 Å². The summed E-state index contributed by atoms with van der Waals surface area (Å²) in [5, 5.41) is 0. The van der Waals surface area contributed by atoms with Gasteiger partial charge in [-0.25, -0.2) is 0 Å². The van der Waals surface area contributed by atoms with Gasteiger partial charge in [0.15, 0.2) is 0 Å². The minimum Gasteiger partial charge on any atom is -0.341 e. The standard InChI is InChI=1S/C11H15BrN2O/c1-14(11(15)6-7-13)8-9-4-2-3-5-10(9)12/h2-5H,6-8,13H2,1H3. The van der Waals surface area contributed by atoms with E-state index in [1.807, 2.05) is 24.3 Å². The van der Waals surface area contributed by atoms with E-state index >= 15 is 0 Å². The zero-order chi connectivity index (χ0) is 11.3. The van der Waals surface area contributed by atoms with Crippen LogP contribution in [-0.2, 0) is 11.3 Å².